The van der Waals surface area contributed by atoms with Gasteiger partial charge in [-0.25, -0.2) is 4.79 Å². The van der Waals surface area contributed by atoms with Gasteiger partial charge < -0.3 is 9.64 Å². The molecule has 2 aliphatic heterocycles. The van der Waals surface area contributed by atoms with E-state index in [1.54, 1.807) is 4.90 Å². The molecule has 1 aliphatic carbocycles. The predicted molar refractivity (Wildman–Crippen MR) is 65.1 cm³/mol. The maximum Gasteiger partial charge on any atom is 0.410 e. The summed E-state index contributed by atoms with van der Waals surface area (Å²) in [7, 11) is 0. The van der Waals surface area contributed by atoms with Crippen molar-refractivity contribution in [2.45, 2.75) is 25.7 Å². The van der Waals surface area contributed by atoms with Gasteiger partial charge in [0.1, 0.15) is 6.61 Å². The van der Waals surface area contributed by atoms with Crippen LogP contribution in [0.4, 0.5) is 4.79 Å². The van der Waals surface area contributed by atoms with Crippen molar-refractivity contribution in [3.05, 3.63) is 0 Å². The van der Waals surface area contributed by atoms with Crippen molar-refractivity contribution in [1.29, 1.82) is 0 Å². The molecule has 2 unspecified atom stereocenters. The molecule has 0 aromatic carbocycles. The zero-order chi connectivity index (χ0) is 13.4. The van der Waals surface area contributed by atoms with E-state index in [9.17, 15) is 14.4 Å². The van der Waals surface area contributed by atoms with Crippen LogP contribution in [0.3, 0.4) is 0 Å². The first-order valence-electron chi connectivity index (χ1n) is 6.95. The molecule has 0 aromatic heterocycles. The smallest absolute Gasteiger partial charge is 0.410 e. The third-order valence-corrected chi connectivity index (χ3v) is 4.37. The van der Waals surface area contributed by atoms with Crippen molar-refractivity contribution >= 4 is 17.9 Å². The predicted octanol–water partition coefficient (Wildman–Crippen LogP) is 0.614. The molecule has 2 atom stereocenters. The molecule has 6 heteroatoms. The van der Waals surface area contributed by atoms with Gasteiger partial charge in [-0.15, -0.1) is 0 Å². The van der Waals surface area contributed by atoms with Gasteiger partial charge in [-0.3, -0.25) is 14.5 Å². The SMILES string of the molecule is O=C1OCCN1CCN1C(=O)C2CCCCC2C1=O. The van der Waals surface area contributed by atoms with Gasteiger partial charge in [0.05, 0.1) is 18.4 Å². The Kier molecular flexibility index (Phi) is 3.16. The van der Waals surface area contributed by atoms with Crippen LogP contribution in [0.15, 0.2) is 0 Å². The van der Waals surface area contributed by atoms with E-state index < -0.39 is 0 Å². The fraction of sp³-hybridized carbons (Fsp3) is 0.769. The van der Waals surface area contributed by atoms with Crippen LogP contribution in [0, 0.1) is 11.8 Å². The van der Waals surface area contributed by atoms with E-state index in [0.29, 0.717) is 26.2 Å². The minimum absolute atomic E-state index is 0.0396. The molecule has 1 saturated carbocycles. The molecular weight excluding hydrogens is 248 g/mol. The number of ether oxygens (including phenoxy) is 1. The third-order valence-electron chi connectivity index (χ3n) is 4.37. The number of carbonyl (C=O) groups is 3. The summed E-state index contributed by atoms with van der Waals surface area (Å²) in [5.74, 6) is -0.289. The van der Waals surface area contributed by atoms with Gasteiger partial charge in [0.15, 0.2) is 0 Å². The number of nitrogens with zero attached hydrogens (tertiary/aromatic N) is 2. The van der Waals surface area contributed by atoms with Gasteiger partial charge >= 0.3 is 6.09 Å². The molecule has 3 rings (SSSR count). The van der Waals surface area contributed by atoms with E-state index in [0.717, 1.165) is 25.7 Å². The molecule has 2 saturated heterocycles. The van der Waals surface area contributed by atoms with Crippen LogP contribution < -0.4 is 0 Å². The van der Waals surface area contributed by atoms with Crippen LogP contribution in [0.2, 0.25) is 0 Å². The number of likely N-dealkylation sites (tertiary alicyclic amines) is 1. The quantitative estimate of drug-likeness (QED) is 0.702. The van der Waals surface area contributed by atoms with Crippen molar-refractivity contribution in [2.24, 2.45) is 11.8 Å². The van der Waals surface area contributed by atoms with Gasteiger partial charge in [-0.1, -0.05) is 12.8 Å². The van der Waals surface area contributed by atoms with Gasteiger partial charge in [-0.05, 0) is 12.8 Å². The van der Waals surface area contributed by atoms with Gasteiger partial charge in [-0.2, -0.15) is 0 Å². The van der Waals surface area contributed by atoms with E-state index in [1.165, 1.54) is 4.90 Å². The maximum absolute atomic E-state index is 12.2. The summed E-state index contributed by atoms with van der Waals surface area (Å²) < 4.78 is 4.83. The van der Waals surface area contributed by atoms with Crippen molar-refractivity contribution in [2.75, 3.05) is 26.2 Å². The number of carbonyl (C=O) groups excluding carboxylic acids is 3. The van der Waals surface area contributed by atoms with E-state index in [2.05, 4.69) is 0 Å². The molecule has 3 fully saturated rings. The molecule has 2 heterocycles. The Morgan fingerprint density at radius 2 is 1.63 bits per heavy atom. The van der Waals surface area contributed by atoms with Gasteiger partial charge in [0, 0.05) is 13.1 Å². The number of fused-ring (bicyclic) bond motifs is 1. The molecule has 3 amide bonds. The minimum atomic E-state index is -0.350. The highest BCUT2D eigenvalue weighted by Gasteiger charge is 2.47. The molecule has 3 aliphatic rings. The topological polar surface area (TPSA) is 66.9 Å². The summed E-state index contributed by atoms with van der Waals surface area (Å²) in [6.07, 6.45) is 3.38. The molecule has 104 valence electrons. The molecule has 0 bridgehead atoms. The lowest BCUT2D eigenvalue weighted by atomic mass is 9.81. The molecular formula is C13H18N2O4. The molecule has 0 N–H and O–H groups in total. The highest BCUT2D eigenvalue weighted by molar-refractivity contribution is 6.05. The molecule has 0 aromatic rings. The molecule has 6 nitrogen and oxygen atoms in total. The number of imide groups is 1. The Morgan fingerprint density at radius 3 is 2.16 bits per heavy atom. The Labute approximate surface area is 111 Å². The highest BCUT2D eigenvalue weighted by atomic mass is 16.6. The van der Waals surface area contributed by atoms with Crippen LogP contribution in [0.25, 0.3) is 0 Å². The summed E-state index contributed by atoms with van der Waals surface area (Å²) in [5, 5.41) is 0. The average molecular weight is 266 g/mol. The second kappa shape index (κ2) is 4.83. The fourth-order valence-corrected chi connectivity index (χ4v) is 3.30. The van der Waals surface area contributed by atoms with E-state index >= 15 is 0 Å². The first-order chi connectivity index (χ1) is 9.18. The lowest BCUT2D eigenvalue weighted by Gasteiger charge is -2.19. The van der Waals surface area contributed by atoms with E-state index in [1.807, 2.05) is 0 Å². The van der Waals surface area contributed by atoms with Crippen molar-refractivity contribution in [3.8, 4) is 0 Å². The van der Waals surface area contributed by atoms with E-state index in [4.69, 9.17) is 4.74 Å². The van der Waals surface area contributed by atoms with Gasteiger partial charge in [0.2, 0.25) is 11.8 Å². The van der Waals surface area contributed by atoms with Crippen LogP contribution in [-0.2, 0) is 14.3 Å². The summed E-state index contributed by atoms with van der Waals surface area (Å²) in [6.45, 7) is 1.63. The first kappa shape index (κ1) is 12.4. The fourth-order valence-electron chi connectivity index (χ4n) is 3.30. The Bertz CT molecular complexity index is 399. The standard InChI is InChI=1S/C13H18N2O4/c16-11-9-3-1-2-4-10(9)12(17)15(11)6-5-14-7-8-19-13(14)18/h9-10H,1-8H2. The second-order valence-electron chi connectivity index (χ2n) is 5.43. The summed E-state index contributed by atoms with van der Waals surface area (Å²) in [4.78, 5) is 38.6. The van der Waals surface area contributed by atoms with E-state index in [-0.39, 0.29) is 29.7 Å². The van der Waals surface area contributed by atoms with Crippen LogP contribution in [0.5, 0.6) is 0 Å². The Hall–Kier alpha value is -1.59. The summed E-state index contributed by atoms with van der Waals surface area (Å²) >= 11 is 0. The van der Waals surface area contributed by atoms with Crippen molar-refractivity contribution in [3.63, 3.8) is 0 Å². The second-order valence-corrected chi connectivity index (χ2v) is 5.43. The minimum Gasteiger partial charge on any atom is -0.448 e. The monoisotopic (exact) mass is 266 g/mol. The Balaban J connectivity index is 1.62. The molecule has 0 spiro atoms. The molecule has 0 radical (unpaired) electrons. The van der Waals surface area contributed by atoms with Crippen LogP contribution in [-0.4, -0.2) is 53.9 Å². The lowest BCUT2D eigenvalue weighted by molar-refractivity contribution is -0.140. The Morgan fingerprint density at radius 1 is 1.00 bits per heavy atom. The van der Waals surface area contributed by atoms with Crippen LogP contribution >= 0.6 is 0 Å². The number of hydrogen-bond acceptors (Lipinski definition) is 4. The number of cyclic esters (lactones) is 1. The largest absolute Gasteiger partial charge is 0.448 e. The number of amides is 3. The third kappa shape index (κ3) is 2.09. The summed E-state index contributed by atoms with van der Waals surface area (Å²) in [6, 6.07) is 0. The zero-order valence-corrected chi connectivity index (χ0v) is 10.8. The molecule has 19 heavy (non-hydrogen) atoms. The normalized spacial score (nSPS) is 30.8. The lowest BCUT2D eigenvalue weighted by Crippen LogP contribution is -2.39. The first-order valence-corrected chi connectivity index (χ1v) is 6.95. The van der Waals surface area contributed by atoms with Crippen LogP contribution in [0.1, 0.15) is 25.7 Å². The van der Waals surface area contributed by atoms with Gasteiger partial charge in [0.25, 0.3) is 0 Å². The van der Waals surface area contributed by atoms with Crippen molar-refractivity contribution < 1.29 is 19.1 Å². The highest BCUT2D eigenvalue weighted by Crippen LogP contribution is 2.37. The number of hydrogen-bond donors (Lipinski definition) is 0. The van der Waals surface area contributed by atoms with Crippen molar-refractivity contribution in [1.82, 2.24) is 9.80 Å². The average Bonchev–Trinajstić information content (AvgIpc) is 2.93. The number of rotatable bonds is 3. The summed E-state index contributed by atoms with van der Waals surface area (Å²) in [5.41, 5.74) is 0. The zero-order valence-electron chi connectivity index (χ0n) is 10.8. The maximum atomic E-state index is 12.2.